The Morgan fingerprint density at radius 1 is 0.925 bits per heavy atom. The van der Waals surface area contributed by atoms with Gasteiger partial charge in [0.25, 0.3) is 11.8 Å². The molecule has 9 heteroatoms. The van der Waals surface area contributed by atoms with Crippen molar-refractivity contribution in [2.45, 2.75) is 32.2 Å². The van der Waals surface area contributed by atoms with Crippen molar-refractivity contribution in [3.05, 3.63) is 94.8 Å². The summed E-state index contributed by atoms with van der Waals surface area (Å²) in [7, 11) is 0. The Bertz CT molecular complexity index is 1370. The van der Waals surface area contributed by atoms with Crippen LogP contribution in [0.25, 0.3) is 0 Å². The highest BCUT2D eigenvalue weighted by Crippen LogP contribution is 2.44. The number of carbonyl (C=O) groups excluding carboxylic acids is 3. The second-order valence-corrected chi connectivity index (χ2v) is 10.7. The maximum absolute atomic E-state index is 14.0. The van der Waals surface area contributed by atoms with Crippen LogP contribution in [0.15, 0.2) is 72.8 Å². The number of para-hydroxylation sites is 1. The van der Waals surface area contributed by atoms with Crippen molar-refractivity contribution < 1.29 is 28.2 Å². The zero-order valence-corrected chi connectivity index (χ0v) is 22.9. The zero-order chi connectivity index (χ0) is 28.3. The third-order valence-electron chi connectivity index (χ3n) is 7.63. The van der Waals surface area contributed by atoms with Gasteiger partial charge in [-0.2, -0.15) is 0 Å². The van der Waals surface area contributed by atoms with E-state index in [1.54, 1.807) is 36.1 Å². The molecule has 0 aliphatic carbocycles. The average molecular weight is 565 g/mol. The number of carbonyl (C=O) groups is 3. The van der Waals surface area contributed by atoms with Gasteiger partial charge < -0.3 is 19.3 Å². The predicted octanol–water partition coefficient (Wildman–Crippen LogP) is 5.97. The lowest BCUT2D eigenvalue weighted by atomic mass is 9.76. The third kappa shape index (κ3) is 5.97. The normalized spacial score (nSPS) is 18.0. The Hall–Kier alpha value is -3.91. The predicted molar refractivity (Wildman–Crippen MR) is 148 cm³/mol. The minimum atomic E-state index is -0.783. The maximum atomic E-state index is 14.0. The van der Waals surface area contributed by atoms with E-state index in [0.717, 1.165) is 12.1 Å². The summed E-state index contributed by atoms with van der Waals surface area (Å²) in [6, 6.07) is 19.3. The van der Waals surface area contributed by atoms with Gasteiger partial charge >= 0.3 is 5.97 Å². The summed E-state index contributed by atoms with van der Waals surface area (Å²) in [5.74, 6) is -0.291. The van der Waals surface area contributed by atoms with Crippen molar-refractivity contribution in [2.75, 3.05) is 26.2 Å². The van der Waals surface area contributed by atoms with Gasteiger partial charge in [0, 0.05) is 35.8 Å². The van der Waals surface area contributed by atoms with E-state index >= 15 is 0 Å². The van der Waals surface area contributed by atoms with Crippen molar-refractivity contribution in [1.29, 1.82) is 0 Å². The molecule has 1 spiro atoms. The molecule has 7 nitrogen and oxygen atoms in total. The van der Waals surface area contributed by atoms with Gasteiger partial charge in [-0.15, -0.1) is 0 Å². The standard InChI is InChI=1S/C31H30ClFN2O5/c1-2-39-30(38)27-19-31(20-35(27)29(37)22-16-23(32)18-24(33)17-22)12-14-34(15-13-31)28(36)21-8-10-26(11-9-21)40-25-6-4-3-5-7-25/h3-11,16-18,27H,2,12-15,19-20H2,1H3. The number of halogens is 2. The molecule has 2 aliphatic heterocycles. The van der Waals surface area contributed by atoms with Crippen molar-refractivity contribution in [2.24, 2.45) is 5.41 Å². The van der Waals surface area contributed by atoms with Crippen LogP contribution in [0.3, 0.4) is 0 Å². The number of esters is 1. The first kappa shape index (κ1) is 27.6. The highest BCUT2D eigenvalue weighted by molar-refractivity contribution is 6.31. The number of benzene rings is 3. The van der Waals surface area contributed by atoms with E-state index in [4.69, 9.17) is 21.1 Å². The number of nitrogens with zero attached hydrogens (tertiary/aromatic N) is 2. The second kappa shape index (κ2) is 11.7. The minimum Gasteiger partial charge on any atom is -0.464 e. The van der Waals surface area contributed by atoms with Gasteiger partial charge in [0.15, 0.2) is 0 Å². The molecule has 0 bridgehead atoms. The quantitative estimate of drug-likeness (QED) is 0.345. The summed E-state index contributed by atoms with van der Waals surface area (Å²) >= 11 is 5.99. The Labute approximate surface area is 237 Å². The summed E-state index contributed by atoms with van der Waals surface area (Å²) < 4.78 is 25.1. The van der Waals surface area contributed by atoms with E-state index in [0.29, 0.717) is 56.0 Å². The van der Waals surface area contributed by atoms with Crippen LogP contribution in [0.4, 0.5) is 4.39 Å². The fourth-order valence-electron chi connectivity index (χ4n) is 5.58. The number of piperidine rings is 1. The number of hydrogen-bond donors (Lipinski definition) is 0. The van der Waals surface area contributed by atoms with Crippen LogP contribution < -0.4 is 4.74 Å². The fourth-order valence-corrected chi connectivity index (χ4v) is 5.80. The molecule has 40 heavy (non-hydrogen) atoms. The zero-order valence-electron chi connectivity index (χ0n) is 22.1. The molecular weight excluding hydrogens is 535 g/mol. The Morgan fingerprint density at radius 3 is 2.25 bits per heavy atom. The molecular formula is C31H30ClFN2O5. The molecule has 2 aliphatic rings. The van der Waals surface area contributed by atoms with Crippen LogP contribution in [0.2, 0.25) is 5.02 Å². The van der Waals surface area contributed by atoms with Crippen LogP contribution >= 0.6 is 11.6 Å². The lowest BCUT2D eigenvalue weighted by Crippen LogP contribution is -2.45. The van der Waals surface area contributed by atoms with Crippen molar-refractivity contribution >= 4 is 29.4 Å². The largest absolute Gasteiger partial charge is 0.464 e. The van der Waals surface area contributed by atoms with Crippen molar-refractivity contribution in [3.8, 4) is 11.5 Å². The van der Waals surface area contributed by atoms with Crippen molar-refractivity contribution in [1.82, 2.24) is 9.80 Å². The van der Waals surface area contributed by atoms with Gasteiger partial charge in [-0.1, -0.05) is 29.8 Å². The molecule has 0 N–H and O–H groups in total. The smallest absolute Gasteiger partial charge is 0.328 e. The molecule has 1 atom stereocenters. The van der Waals surface area contributed by atoms with Crippen LogP contribution in [0.1, 0.15) is 46.9 Å². The minimum absolute atomic E-state index is 0.0802. The number of ether oxygens (including phenoxy) is 2. The fraction of sp³-hybridized carbons (Fsp3) is 0.323. The summed E-state index contributed by atoms with van der Waals surface area (Å²) in [5, 5.41) is 0.108. The highest BCUT2D eigenvalue weighted by Gasteiger charge is 2.50. The molecule has 2 amide bonds. The summed E-state index contributed by atoms with van der Waals surface area (Å²) in [5.41, 5.74) is 0.296. The lowest BCUT2D eigenvalue weighted by molar-refractivity contribution is -0.147. The van der Waals surface area contributed by atoms with Gasteiger partial charge in [0.05, 0.1) is 6.61 Å². The van der Waals surface area contributed by atoms with Crippen LogP contribution in [0, 0.1) is 11.2 Å². The molecule has 208 valence electrons. The molecule has 5 rings (SSSR count). The Morgan fingerprint density at radius 2 is 1.60 bits per heavy atom. The van der Waals surface area contributed by atoms with Crippen LogP contribution in [-0.2, 0) is 9.53 Å². The molecule has 0 aromatic heterocycles. The van der Waals surface area contributed by atoms with Gasteiger partial charge in [-0.25, -0.2) is 9.18 Å². The first-order valence-electron chi connectivity index (χ1n) is 13.3. The second-order valence-electron chi connectivity index (χ2n) is 10.3. The van der Waals surface area contributed by atoms with E-state index in [1.807, 2.05) is 30.3 Å². The molecule has 3 aromatic rings. The van der Waals surface area contributed by atoms with Gasteiger partial charge in [-0.3, -0.25) is 9.59 Å². The van der Waals surface area contributed by atoms with E-state index in [-0.39, 0.29) is 28.5 Å². The van der Waals surface area contributed by atoms with E-state index in [9.17, 15) is 18.8 Å². The topological polar surface area (TPSA) is 76.2 Å². The van der Waals surface area contributed by atoms with Gasteiger partial charge in [0.1, 0.15) is 23.4 Å². The average Bonchev–Trinajstić information content (AvgIpc) is 3.32. The van der Waals surface area contributed by atoms with E-state index in [1.165, 1.54) is 11.0 Å². The van der Waals surface area contributed by atoms with Crippen molar-refractivity contribution in [3.63, 3.8) is 0 Å². The number of rotatable bonds is 6. The number of amides is 2. The monoisotopic (exact) mass is 564 g/mol. The lowest BCUT2D eigenvalue weighted by Gasteiger charge is -2.39. The molecule has 3 aromatic carbocycles. The van der Waals surface area contributed by atoms with Gasteiger partial charge in [0.2, 0.25) is 0 Å². The summed E-state index contributed by atoms with van der Waals surface area (Å²) in [4.78, 5) is 42.8. The first-order valence-corrected chi connectivity index (χ1v) is 13.7. The van der Waals surface area contributed by atoms with E-state index in [2.05, 4.69) is 0 Å². The van der Waals surface area contributed by atoms with Crippen LogP contribution in [-0.4, -0.2) is 59.9 Å². The summed E-state index contributed by atoms with van der Waals surface area (Å²) in [6.07, 6.45) is 1.67. The van der Waals surface area contributed by atoms with Gasteiger partial charge in [-0.05, 0) is 86.2 Å². The molecule has 0 radical (unpaired) electrons. The summed E-state index contributed by atoms with van der Waals surface area (Å²) in [6.45, 7) is 3.20. The molecule has 0 saturated carbocycles. The molecule has 2 heterocycles. The SMILES string of the molecule is CCOC(=O)C1CC2(CCN(C(=O)c3ccc(Oc4ccccc4)cc3)CC2)CN1C(=O)c1cc(F)cc(Cl)c1. The first-order chi connectivity index (χ1) is 19.3. The molecule has 2 fully saturated rings. The highest BCUT2D eigenvalue weighted by atomic mass is 35.5. The van der Waals surface area contributed by atoms with Crippen LogP contribution in [0.5, 0.6) is 11.5 Å². The number of likely N-dealkylation sites (tertiary alicyclic amines) is 2. The maximum Gasteiger partial charge on any atom is 0.328 e. The Balaban J connectivity index is 1.26. The molecule has 1 unspecified atom stereocenters. The number of hydrogen-bond acceptors (Lipinski definition) is 5. The van der Waals surface area contributed by atoms with E-state index < -0.39 is 23.7 Å². The molecule has 2 saturated heterocycles. The Kier molecular flexibility index (Phi) is 8.07. The third-order valence-corrected chi connectivity index (χ3v) is 7.85.